The van der Waals surface area contributed by atoms with Crippen LogP contribution >= 0.6 is 0 Å². The molecule has 3 aromatic carbocycles. The van der Waals surface area contributed by atoms with Crippen LogP contribution in [0.25, 0.3) is 0 Å². The number of aromatic carboxylic acids is 1. The highest BCUT2D eigenvalue weighted by Gasteiger charge is 2.24. The molecule has 27 heavy (non-hydrogen) atoms. The maximum atomic E-state index is 11.6. The van der Waals surface area contributed by atoms with Crippen LogP contribution in [0.1, 0.15) is 57.8 Å². The third-order valence-electron chi connectivity index (χ3n) is 5.05. The van der Waals surface area contributed by atoms with Gasteiger partial charge in [-0.25, -0.2) is 4.79 Å². The molecule has 0 fully saturated rings. The molecule has 0 saturated carbocycles. The first-order valence-electron chi connectivity index (χ1n) is 9.14. The number of phenols is 1. The number of aromatic hydroxyl groups is 1. The van der Waals surface area contributed by atoms with E-state index in [4.69, 9.17) is 0 Å². The number of benzene rings is 3. The van der Waals surface area contributed by atoms with Gasteiger partial charge < -0.3 is 10.2 Å². The third kappa shape index (κ3) is 4.20. The standard InChI is InChI=1S/C24H24O3/c1-16-13-21(23(25)22(14-16)24(26)27)20(19-11-7-4-8-12-19)15-17(2)18-9-5-3-6-10-18/h3-14,17,20,25H,15H2,1-2H3,(H,26,27). The minimum Gasteiger partial charge on any atom is -0.507 e. The fraction of sp³-hybridized carbons (Fsp3) is 0.208. The van der Waals surface area contributed by atoms with Gasteiger partial charge in [-0.3, -0.25) is 0 Å². The zero-order valence-electron chi connectivity index (χ0n) is 15.6. The van der Waals surface area contributed by atoms with Gasteiger partial charge in [-0.05, 0) is 42.0 Å². The lowest BCUT2D eigenvalue weighted by atomic mass is 9.80. The lowest BCUT2D eigenvalue weighted by Crippen LogP contribution is -2.09. The molecule has 2 unspecified atom stereocenters. The predicted octanol–water partition coefficient (Wildman–Crippen LogP) is 5.72. The van der Waals surface area contributed by atoms with Gasteiger partial charge in [-0.1, -0.05) is 73.7 Å². The minimum atomic E-state index is -1.11. The Bertz CT molecular complexity index is 917. The monoisotopic (exact) mass is 360 g/mol. The summed E-state index contributed by atoms with van der Waals surface area (Å²) < 4.78 is 0. The van der Waals surface area contributed by atoms with Gasteiger partial charge >= 0.3 is 5.97 Å². The molecule has 0 spiro atoms. The van der Waals surface area contributed by atoms with Crippen molar-refractivity contribution in [2.75, 3.05) is 0 Å². The summed E-state index contributed by atoms with van der Waals surface area (Å²) in [5.41, 5.74) is 3.75. The van der Waals surface area contributed by atoms with Crippen LogP contribution in [0.2, 0.25) is 0 Å². The van der Waals surface area contributed by atoms with Crippen LogP contribution in [0.4, 0.5) is 0 Å². The normalized spacial score (nSPS) is 13.1. The molecular formula is C24H24O3. The Labute approximate surface area is 159 Å². The topological polar surface area (TPSA) is 57.5 Å². The van der Waals surface area contributed by atoms with Crippen LogP contribution in [-0.2, 0) is 0 Å². The van der Waals surface area contributed by atoms with E-state index in [-0.39, 0.29) is 23.1 Å². The van der Waals surface area contributed by atoms with Gasteiger partial charge in [-0.15, -0.1) is 0 Å². The van der Waals surface area contributed by atoms with Crippen LogP contribution in [0.3, 0.4) is 0 Å². The predicted molar refractivity (Wildman–Crippen MR) is 108 cm³/mol. The van der Waals surface area contributed by atoms with Crippen molar-refractivity contribution in [3.63, 3.8) is 0 Å². The van der Waals surface area contributed by atoms with Crippen molar-refractivity contribution in [2.24, 2.45) is 0 Å². The largest absolute Gasteiger partial charge is 0.507 e. The Balaban J connectivity index is 2.08. The zero-order valence-corrected chi connectivity index (χ0v) is 15.6. The highest BCUT2D eigenvalue weighted by Crippen LogP contribution is 2.40. The first-order chi connectivity index (χ1) is 13.0. The number of hydrogen-bond acceptors (Lipinski definition) is 2. The van der Waals surface area contributed by atoms with E-state index in [0.29, 0.717) is 5.56 Å². The summed E-state index contributed by atoms with van der Waals surface area (Å²) in [5.74, 6) is -1.09. The molecule has 0 heterocycles. The molecule has 0 aliphatic rings. The third-order valence-corrected chi connectivity index (χ3v) is 5.05. The number of carboxylic acid groups (broad SMARTS) is 1. The maximum absolute atomic E-state index is 11.6. The molecule has 138 valence electrons. The van der Waals surface area contributed by atoms with Crippen molar-refractivity contribution in [1.82, 2.24) is 0 Å². The molecule has 3 rings (SSSR count). The maximum Gasteiger partial charge on any atom is 0.339 e. The van der Waals surface area contributed by atoms with E-state index in [1.807, 2.05) is 61.5 Å². The van der Waals surface area contributed by atoms with Crippen LogP contribution < -0.4 is 0 Å². The van der Waals surface area contributed by atoms with Gasteiger partial charge in [0.05, 0.1) is 0 Å². The molecule has 3 nitrogen and oxygen atoms in total. The first-order valence-corrected chi connectivity index (χ1v) is 9.14. The summed E-state index contributed by atoms with van der Waals surface area (Å²) in [6.07, 6.45) is 0.768. The van der Waals surface area contributed by atoms with Crippen LogP contribution in [-0.4, -0.2) is 16.2 Å². The molecule has 0 aliphatic heterocycles. The van der Waals surface area contributed by atoms with E-state index in [2.05, 4.69) is 19.1 Å². The number of hydrogen-bond donors (Lipinski definition) is 2. The SMILES string of the molecule is Cc1cc(C(=O)O)c(O)c(C(CC(C)c2ccccc2)c2ccccc2)c1. The molecule has 0 aromatic heterocycles. The lowest BCUT2D eigenvalue weighted by Gasteiger charge is -2.24. The van der Waals surface area contributed by atoms with E-state index >= 15 is 0 Å². The molecule has 2 atom stereocenters. The minimum absolute atomic E-state index is 0.0432. The highest BCUT2D eigenvalue weighted by molar-refractivity contribution is 5.91. The second-order valence-electron chi connectivity index (χ2n) is 7.07. The highest BCUT2D eigenvalue weighted by atomic mass is 16.4. The van der Waals surface area contributed by atoms with Crippen LogP contribution in [0, 0.1) is 6.92 Å². The summed E-state index contributed by atoms with van der Waals surface area (Å²) in [4.78, 5) is 11.6. The Hall–Kier alpha value is -3.07. The van der Waals surface area contributed by atoms with E-state index in [1.165, 1.54) is 11.6 Å². The van der Waals surface area contributed by atoms with Gasteiger partial charge in [0.2, 0.25) is 0 Å². The molecule has 0 saturated heterocycles. The quantitative estimate of drug-likeness (QED) is 0.591. The molecule has 2 N–H and O–H groups in total. The number of rotatable bonds is 6. The van der Waals surface area contributed by atoms with E-state index in [0.717, 1.165) is 17.5 Å². The van der Waals surface area contributed by atoms with Crippen molar-refractivity contribution < 1.29 is 15.0 Å². The average Bonchev–Trinajstić information content (AvgIpc) is 2.68. The summed E-state index contributed by atoms with van der Waals surface area (Å²) in [5, 5.41) is 20.2. The van der Waals surface area contributed by atoms with Gasteiger partial charge in [0, 0.05) is 11.5 Å². The Morgan fingerprint density at radius 2 is 1.48 bits per heavy atom. The Morgan fingerprint density at radius 3 is 2.04 bits per heavy atom. The van der Waals surface area contributed by atoms with Gasteiger partial charge in [0.15, 0.2) is 0 Å². The van der Waals surface area contributed by atoms with E-state index in [9.17, 15) is 15.0 Å². The fourth-order valence-corrected chi connectivity index (χ4v) is 3.63. The van der Waals surface area contributed by atoms with Crippen LogP contribution in [0.15, 0.2) is 72.8 Å². The molecule has 0 bridgehead atoms. The van der Waals surface area contributed by atoms with Gasteiger partial charge in [-0.2, -0.15) is 0 Å². The molecule has 3 aromatic rings. The number of carboxylic acids is 1. The molecule has 0 amide bonds. The number of carbonyl (C=O) groups is 1. The second-order valence-corrected chi connectivity index (χ2v) is 7.07. The summed E-state index contributed by atoms with van der Waals surface area (Å²) in [6, 6.07) is 23.6. The Kier molecular flexibility index (Phi) is 5.60. The van der Waals surface area contributed by atoms with Crippen molar-refractivity contribution >= 4 is 5.97 Å². The zero-order chi connectivity index (χ0) is 19.4. The van der Waals surface area contributed by atoms with Gasteiger partial charge in [0.1, 0.15) is 11.3 Å². The van der Waals surface area contributed by atoms with Crippen molar-refractivity contribution in [2.45, 2.75) is 32.1 Å². The second kappa shape index (κ2) is 8.09. The van der Waals surface area contributed by atoms with Crippen molar-refractivity contribution in [1.29, 1.82) is 0 Å². The molecule has 3 heteroatoms. The fourth-order valence-electron chi connectivity index (χ4n) is 3.63. The summed E-state index contributed by atoms with van der Waals surface area (Å²) >= 11 is 0. The molecule has 0 radical (unpaired) electrons. The average molecular weight is 360 g/mol. The van der Waals surface area contributed by atoms with Crippen LogP contribution in [0.5, 0.6) is 5.75 Å². The smallest absolute Gasteiger partial charge is 0.339 e. The lowest BCUT2D eigenvalue weighted by molar-refractivity contribution is 0.0693. The van der Waals surface area contributed by atoms with Crippen molar-refractivity contribution in [3.05, 3.63) is 101 Å². The summed E-state index contributed by atoms with van der Waals surface area (Å²) in [7, 11) is 0. The van der Waals surface area contributed by atoms with E-state index < -0.39 is 5.97 Å². The molecule has 0 aliphatic carbocycles. The van der Waals surface area contributed by atoms with Crippen molar-refractivity contribution in [3.8, 4) is 5.75 Å². The first kappa shape index (κ1) is 18.7. The van der Waals surface area contributed by atoms with E-state index in [1.54, 1.807) is 0 Å². The summed E-state index contributed by atoms with van der Waals surface area (Å²) in [6.45, 7) is 4.02. The molecular weight excluding hydrogens is 336 g/mol. The van der Waals surface area contributed by atoms with Gasteiger partial charge in [0.25, 0.3) is 0 Å². The number of aryl methyl sites for hydroxylation is 1. The Morgan fingerprint density at radius 1 is 0.926 bits per heavy atom.